The van der Waals surface area contributed by atoms with Gasteiger partial charge >= 0.3 is 5.97 Å². The van der Waals surface area contributed by atoms with Gasteiger partial charge in [0.05, 0.1) is 25.4 Å². The minimum atomic E-state index is -0.672. The van der Waals surface area contributed by atoms with Gasteiger partial charge in [-0.2, -0.15) is 0 Å². The SMILES string of the molecule is CCCCCCCCC/C=C\CCCCCCCC(=O)OCCCCCCCCCCC/C=C\CCCCCCCCCC(=O)NC(CO)C(O)CCCCCCCCCCCCCCCCCCCCCCCCCC. The average molecular weight is 1080 g/mol. The van der Waals surface area contributed by atoms with Gasteiger partial charge in [0.2, 0.25) is 5.91 Å². The molecule has 0 saturated heterocycles. The van der Waals surface area contributed by atoms with Crippen molar-refractivity contribution in [2.75, 3.05) is 13.2 Å². The normalized spacial score (nSPS) is 12.6. The molecule has 77 heavy (non-hydrogen) atoms. The number of hydrogen-bond acceptors (Lipinski definition) is 5. The van der Waals surface area contributed by atoms with Crippen LogP contribution in [0.1, 0.15) is 393 Å². The van der Waals surface area contributed by atoms with Crippen LogP contribution in [0.4, 0.5) is 0 Å². The first-order chi connectivity index (χ1) is 38.0. The molecule has 0 spiro atoms. The molecule has 0 aromatic rings. The molecule has 2 atom stereocenters. The topological polar surface area (TPSA) is 95.9 Å². The lowest BCUT2D eigenvalue weighted by molar-refractivity contribution is -0.143. The van der Waals surface area contributed by atoms with E-state index in [1.54, 1.807) is 0 Å². The first kappa shape index (κ1) is 75.3. The monoisotopic (exact) mass is 1080 g/mol. The Labute approximate surface area is 481 Å². The van der Waals surface area contributed by atoms with Crippen LogP contribution in [0.25, 0.3) is 0 Å². The van der Waals surface area contributed by atoms with Crippen molar-refractivity contribution < 1.29 is 24.5 Å². The van der Waals surface area contributed by atoms with Gasteiger partial charge in [-0.3, -0.25) is 9.59 Å². The highest BCUT2D eigenvalue weighted by Gasteiger charge is 2.20. The number of allylic oxidation sites excluding steroid dienone is 4. The number of aliphatic hydroxyl groups is 2. The molecular weight excluding hydrogens is 947 g/mol. The van der Waals surface area contributed by atoms with E-state index in [2.05, 4.69) is 43.5 Å². The van der Waals surface area contributed by atoms with E-state index in [1.807, 2.05) is 0 Å². The smallest absolute Gasteiger partial charge is 0.305 e. The van der Waals surface area contributed by atoms with Crippen LogP contribution in [0.3, 0.4) is 0 Å². The van der Waals surface area contributed by atoms with E-state index in [0.29, 0.717) is 25.9 Å². The quantitative estimate of drug-likeness (QED) is 0.0320. The highest BCUT2D eigenvalue weighted by molar-refractivity contribution is 5.76. The van der Waals surface area contributed by atoms with Crippen molar-refractivity contribution in [1.82, 2.24) is 5.32 Å². The number of hydrogen-bond donors (Lipinski definition) is 3. The molecule has 0 radical (unpaired) electrons. The Kier molecular flexibility index (Phi) is 65.4. The molecule has 0 aromatic heterocycles. The Balaban J connectivity index is 3.42. The third kappa shape index (κ3) is 63.4. The lowest BCUT2D eigenvalue weighted by Crippen LogP contribution is -2.45. The largest absolute Gasteiger partial charge is 0.466 e. The van der Waals surface area contributed by atoms with E-state index in [-0.39, 0.29) is 18.5 Å². The van der Waals surface area contributed by atoms with Crippen LogP contribution in [0.5, 0.6) is 0 Å². The Hall–Kier alpha value is -1.66. The van der Waals surface area contributed by atoms with Crippen molar-refractivity contribution in [1.29, 1.82) is 0 Å². The van der Waals surface area contributed by atoms with Gasteiger partial charge in [-0.15, -0.1) is 0 Å². The number of carbonyl (C=O) groups excluding carboxylic acids is 2. The van der Waals surface area contributed by atoms with Gasteiger partial charge in [-0.1, -0.05) is 327 Å². The maximum Gasteiger partial charge on any atom is 0.305 e. The molecule has 0 aliphatic carbocycles. The van der Waals surface area contributed by atoms with Crippen molar-refractivity contribution in [3.05, 3.63) is 24.3 Å². The Morgan fingerprint density at radius 2 is 0.610 bits per heavy atom. The van der Waals surface area contributed by atoms with E-state index in [1.165, 1.54) is 315 Å². The van der Waals surface area contributed by atoms with E-state index in [4.69, 9.17) is 4.74 Å². The predicted molar refractivity (Wildman–Crippen MR) is 338 cm³/mol. The third-order valence-electron chi connectivity index (χ3n) is 16.5. The highest BCUT2D eigenvalue weighted by Crippen LogP contribution is 2.19. The van der Waals surface area contributed by atoms with Gasteiger partial charge in [-0.05, 0) is 77.0 Å². The van der Waals surface area contributed by atoms with E-state index in [0.717, 1.165) is 44.9 Å². The summed E-state index contributed by atoms with van der Waals surface area (Å²) in [6.45, 7) is 4.97. The first-order valence-electron chi connectivity index (χ1n) is 35.1. The summed E-state index contributed by atoms with van der Waals surface area (Å²) in [4.78, 5) is 24.6. The summed E-state index contributed by atoms with van der Waals surface area (Å²) in [6.07, 6.45) is 83.6. The molecule has 0 aromatic carbocycles. The second-order valence-electron chi connectivity index (χ2n) is 24.2. The number of aliphatic hydroxyl groups excluding tert-OH is 2. The van der Waals surface area contributed by atoms with Gasteiger partial charge in [0.1, 0.15) is 0 Å². The van der Waals surface area contributed by atoms with Crippen LogP contribution in [0.15, 0.2) is 24.3 Å². The van der Waals surface area contributed by atoms with Crippen LogP contribution < -0.4 is 5.32 Å². The van der Waals surface area contributed by atoms with Gasteiger partial charge in [0.15, 0.2) is 0 Å². The van der Waals surface area contributed by atoms with Crippen molar-refractivity contribution in [3.63, 3.8) is 0 Å². The minimum absolute atomic E-state index is 0.0000813. The minimum Gasteiger partial charge on any atom is -0.466 e. The van der Waals surface area contributed by atoms with Crippen molar-refractivity contribution in [3.8, 4) is 0 Å². The van der Waals surface area contributed by atoms with Crippen molar-refractivity contribution >= 4 is 11.9 Å². The fourth-order valence-electron chi connectivity index (χ4n) is 11.1. The highest BCUT2D eigenvalue weighted by atomic mass is 16.5. The molecule has 0 aliphatic heterocycles. The summed E-state index contributed by atoms with van der Waals surface area (Å²) in [6, 6.07) is -0.549. The molecule has 0 bridgehead atoms. The van der Waals surface area contributed by atoms with Gasteiger partial charge < -0.3 is 20.3 Å². The Bertz CT molecular complexity index is 1200. The van der Waals surface area contributed by atoms with Crippen LogP contribution in [-0.4, -0.2) is 47.4 Å². The van der Waals surface area contributed by atoms with Crippen LogP contribution in [0.2, 0.25) is 0 Å². The summed E-state index contributed by atoms with van der Waals surface area (Å²) in [7, 11) is 0. The second-order valence-corrected chi connectivity index (χ2v) is 24.2. The number of carbonyl (C=O) groups is 2. The lowest BCUT2D eigenvalue weighted by atomic mass is 10.0. The van der Waals surface area contributed by atoms with Crippen LogP contribution >= 0.6 is 0 Å². The molecular formula is C71H137NO5. The maximum atomic E-state index is 12.5. The maximum absolute atomic E-state index is 12.5. The lowest BCUT2D eigenvalue weighted by Gasteiger charge is -2.22. The number of nitrogens with one attached hydrogen (secondary N) is 1. The van der Waals surface area contributed by atoms with Crippen LogP contribution in [0, 0.1) is 0 Å². The molecule has 1 amide bonds. The summed E-state index contributed by atoms with van der Waals surface area (Å²) in [5.74, 6) is -0.0393. The van der Waals surface area contributed by atoms with E-state index in [9.17, 15) is 19.8 Å². The molecule has 6 heteroatoms. The van der Waals surface area contributed by atoms with E-state index >= 15 is 0 Å². The number of ether oxygens (including phenoxy) is 1. The molecule has 3 N–H and O–H groups in total. The second kappa shape index (κ2) is 66.8. The molecule has 456 valence electrons. The average Bonchev–Trinajstić information content (AvgIpc) is 3.43. The Morgan fingerprint density at radius 3 is 0.922 bits per heavy atom. The Morgan fingerprint density at radius 1 is 0.351 bits per heavy atom. The van der Waals surface area contributed by atoms with Crippen LogP contribution in [-0.2, 0) is 14.3 Å². The summed E-state index contributed by atoms with van der Waals surface area (Å²) < 4.78 is 5.49. The zero-order valence-electron chi connectivity index (χ0n) is 52.2. The number of amides is 1. The summed E-state index contributed by atoms with van der Waals surface area (Å²) in [5, 5.41) is 23.4. The molecule has 0 saturated carbocycles. The van der Waals surface area contributed by atoms with E-state index < -0.39 is 12.1 Å². The molecule has 6 nitrogen and oxygen atoms in total. The van der Waals surface area contributed by atoms with Crippen molar-refractivity contribution in [2.24, 2.45) is 0 Å². The van der Waals surface area contributed by atoms with Gasteiger partial charge in [-0.25, -0.2) is 0 Å². The molecule has 0 heterocycles. The fraction of sp³-hybridized carbons (Fsp3) is 0.915. The standard InChI is InChI=1S/C71H137NO5/c1-3-5-7-9-11-13-15-17-19-21-22-23-24-25-26-29-32-35-39-43-47-51-55-59-63-69(74)68(67-73)72-70(75)64-60-56-52-48-44-40-36-33-30-27-28-31-34-38-42-46-50-54-58-62-66-77-71(76)65-61-57-53-49-45-41-37-20-18-16-14-12-10-8-6-4-2/h20,27,30,37,68-69,73-74H,3-19,21-26,28-29,31-36,38-67H2,1-2H3,(H,72,75)/b30-27-,37-20-. The fourth-order valence-corrected chi connectivity index (χ4v) is 11.1. The van der Waals surface area contributed by atoms with Gasteiger partial charge in [0, 0.05) is 12.8 Å². The van der Waals surface area contributed by atoms with Crippen molar-refractivity contribution in [2.45, 2.75) is 405 Å². The summed E-state index contributed by atoms with van der Waals surface area (Å²) >= 11 is 0. The zero-order valence-corrected chi connectivity index (χ0v) is 52.2. The molecule has 2 unspecified atom stereocenters. The zero-order chi connectivity index (χ0) is 55.7. The number of rotatable bonds is 66. The number of esters is 1. The summed E-state index contributed by atoms with van der Waals surface area (Å²) in [5.41, 5.74) is 0. The predicted octanol–water partition coefficient (Wildman–Crippen LogP) is 22.5. The third-order valence-corrected chi connectivity index (χ3v) is 16.5. The molecule has 0 aliphatic rings. The molecule has 0 fully saturated rings. The number of unbranched alkanes of at least 4 members (excludes halogenated alkanes) is 51. The first-order valence-corrected chi connectivity index (χ1v) is 35.1. The van der Waals surface area contributed by atoms with Gasteiger partial charge in [0.25, 0.3) is 0 Å². The molecule has 0 rings (SSSR count).